The fraction of sp³-hybridized carbons (Fsp3) is 0.0714. The van der Waals surface area contributed by atoms with Gasteiger partial charge in [-0.3, -0.25) is 10.1 Å². The van der Waals surface area contributed by atoms with E-state index in [0.717, 1.165) is 0 Å². The number of para-hydroxylation sites is 1. The van der Waals surface area contributed by atoms with E-state index in [1.807, 2.05) is 6.07 Å². The molecule has 0 saturated carbocycles. The number of nitrogens with zero attached hydrogens (tertiary/aromatic N) is 1. The van der Waals surface area contributed by atoms with Crippen molar-refractivity contribution >= 4 is 17.8 Å². The predicted molar refractivity (Wildman–Crippen MR) is 73.2 cm³/mol. The van der Waals surface area contributed by atoms with Crippen molar-refractivity contribution in [1.82, 2.24) is 4.98 Å². The average Bonchev–Trinajstić information content (AvgIpc) is 2.39. The Kier molecular flexibility index (Phi) is 4.28. The number of hydrogen-bond acceptors (Lipinski definition) is 4. The summed E-state index contributed by atoms with van der Waals surface area (Å²) in [5.74, 6) is 0.386. The largest absolute Gasteiger partial charge is 0.426 e. The molecule has 3 N–H and O–H groups in total. The summed E-state index contributed by atoms with van der Waals surface area (Å²) in [7, 11) is 0. The first-order valence-corrected chi connectivity index (χ1v) is 5.90. The molecule has 0 radical (unpaired) electrons. The maximum atomic E-state index is 11.8. The first-order valence-electron chi connectivity index (χ1n) is 5.90. The van der Waals surface area contributed by atoms with Gasteiger partial charge in [-0.2, -0.15) is 0 Å². The van der Waals surface area contributed by atoms with Crippen LogP contribution in [0.5, 0.6) is 5.75 Å². The van der Waals surface area contributed by atoms with Gasteiger partial charge in [0, 0.05) is 6.20 Å². The van der Waals surface area contributed by atoms with Crippen LogP contribution in [0, 0.1) is 0 Å². The first-order chi connectivity index (χ1) is 9.63. The summed E-state index contributed by atoms with van der Waals surface area (Å²) in [6.45, 7) is 0. The zero-order valence-corrected chi connectivity index (χ0v) is 10.6. The van der Waals surface area contributed by atoms with Crippen LogP contribution in [0.1, 0.15) is 5.56 Å². The second-order valence-electron chi connectivity index (χ2n) is 4.00. The Labute approximate surface area is 115 Å². The lowest BCUT2D eigenvalue weighted by molar-refractivity contribution is -0.133. The maximum Gasteiger partial charge on any atom is 0.317 e. The highest BCUT2D eigenvalue weighted by Gasteiger charge is 2.07. The van der Waals surface area contributed by atoms with Crippen molar-refractivity contribution in [2.75, 3.05) is 5.32 Å². The molecule has 6 heteroatoms. The van der Waals surface area contributed by atoms with E-state index in [9.17, 15) is 9.59 Å². The van der Waals surface area contributed by atoms with E-state index in [1.165, 1.54) is 6.20 Å². The zero-order valence-electron chi connectivity index (χ0n) is 10.6. The molecule has 0 aliphatic heterocycles. The zero-order chi connectivity index (χ0) is 14.4. The molecule has 2 amide bonds. The summed E-state index contributed by atoms with van der Waals surface area (Å²) < 4.78 is 5.17. The monoisotopic (exact) mass is 271 g/mol. The van der Waals surface area contributed by atoms with Crippen LogP contribution >= 0.6 is 0 Å². The van der Waals surface area contributed by atoms with E-state index >= 15 is 0 Å². The van der Waals surface area contributed by atoms with Gasteiger partial charge in [0.05, 0.1) is 6.42 Å². The van der Waals surface area contributed by atoms with E-state index in [1.54, 1.807) is 36.4 Å². The number of carbonyl (C=O) groups excluding carboxylic acids is 2. The maximum absolute atomic E-state index is 11.8. The third-order valence-electron chi connectivity index (χ3n) is 2.40. The van der Waals surface area contributed by atoms with Gasteiger partial charge in [0.25, 0.3) is 0 Å². The number of benzene rings is 1. The standard InChI is InChI=1S/C14H13N3O3/c15-14(19)17-12-8-10(6-7-16-12)9-13(18)20-11-4-2-1-3-5-11/h1-8H,9H2,(H3,15,16,17,19). The minimum absolute atomic E-state index is 0.0743. The van der Waals surface area contributed by atoms with Gasteiger partial charge >= 0.3 is 12.0 Å². The lowest BCUT2D eigenvalue weighted by atomic mass is 10.2. The van der Waals surface area contributed by atoms with Crippen LogP contribution < -0.4 is 15.8 Å². The molecular formula is C14H13N3O3. The smallest absolute Gasteiger partial charge is 0.317 e. The molecule has 1 heterocycles. The number of nitrogens with two attached hydrogens (primary N) is 1. The summed E-state index contributed by atoms with van der Waals surface area (Å²) in [5, 5.41) is 2.34. The van der Waals surface area contributed by atoms with E-state index in [0.29, 0.717) is 17.1 Å². The SMILES string of the molecule is NC(=O)Nc1cc(CC(=O)Oc2ccccc2)ccn1. The number of primary amides is 1. The number of amides is 2. The van der Waals surface area contributed by atoms with Gasteiger partial charge in [-0.25, -0.2) is 9.78 Å². The molecule has 0 bridgehead atoms. The molecule has 1 aromatic heterocycles. The fourth-order valence-corrected chi connectivity index (χ4v) is 1.60. The number of hydrogen-bond donors (Lipinski definition) is 2. The Hall–Kier alpha value is -2.89. The van der Waals surface area contributed by atoms with E-state index < -0.39 is 12.0 Å². The average molecular weight is 271 g/mol. The fourth-order valence-electron chi connectivity index (χ4n) is 1.60. The van der Waals surface area contributed by atoms with Gasteiger partial charge in [0.15, 0.2) is 0 Å². The molecule has 0 spiro atoms. The predicted octanol–water partition coefficient (Wildman–Crippen LogP) is 1.72. The number of nitrogens with one attached hydrogen (secondary N) is 1. The van der Waals surface area contributed by atoms with E-state index in [-0.39, 0.29) is 6.42 Å². The van der Waals surface area contributed by atoms with Gasteiger partial charge in [-0.15, -0.1) is 0 Å². The molecule has 6 nitrogen and oxygen atoms in total. The van der Waals surface area contributed by atoms with E-state index in [4.69, 9.17) is 10.5 Å². The van der Waals surface area contributed by atoms with Gasteiger partial charge in [0.2, 0.25) is 0 Å². The van der Waals surface area contributed by atoms with Gasteiger partial charge in [0.1, 0.15) is 11.6 Å². The van der Waals surface area contributed by atoms with Crippen molar-refractivity contribution in [2.24, 2.45) is 5.73 Å². The Bertz CT molecular complexity index is 614. The number of ether oxygens (including phenoxy) is 1. The molecule has 0 atom stereocenters. The van der Waals surface area contributed by atoms with Crippen molar-refractivity contribution < 1.29 is 14.3 Å². The normalized spacial score (nSPS) is 9.80. The lowest BCUT2D eigenvalue weighted by Crippen LogP contribution is -2.20. The Morgan fingerprint density at radius 3 is 2.65 bits per heavy atom. The molecule has 2 aromatic rings. The molecule has 0 aliphatic carbocycles. The summed E-state index contributed by atoms with van der Waals surface area (Å²) in [6, 6.07) is 11.3. The number of anilines is 1. The van der Waals surface area contributed by atoms with Crippen molar-refractivity contribution in [3.8, 4) is 5.75 Å². The highest BCUT2D eigenvalue weighted by molar-refractivity contribution is 5.86. The molecular weight excluding hydrogens is 258 g/mol. The second kappa shape index (κ2) is 6.33. The van der Waals surface area contributed by atoms with Crippen LogP contribution in [0.4, 0.5) is 10.6 Å². The Balaban J connectivity index is 1.99. The Morgan fingerprint density at radius 1 is 1.20 bits per heavy atom. The molecule has 102 valence electrons. The van der Waals surface area contributed by atoms with Gasteiger partial charge in [-0.05, 0) is 29.8 Å². The lowest BCUT2D eigenvalue weighted by Gasteiger charge is -2.05. The highest BCUT2D eigenvalue weighted by Crippen LogP contribution is 2.12. The van der Waals surface area contributed by atoms with Gasteiger partial charge < -0.3 is 10.5 Å². The third-order valence-corrected chi connectivity index (χ3v) is 2.40. The quantitative estimate of drug-likeness (QED) is 0.654. The number of esters is 1. The topological polar surface area (TPSA) is 94.3 Å². The summed E-state index contributed by atoms with van der Waals surface area (Å²) in [4.78, 5) is 26.4. The molecule has 0 fully saturated rings. The molecule has 20 heavy (non-hydrogen) atoms. The van der Waals surface area contributed by atoms with Crippen LogP contribution in [0.25, 0.3) is 0 Å². The minimum Gasteiger partial charge on any atom is -0.426 e. The summed E-state index contributed by atoms with van der Waals surface area (Å²) in [5.41, 5.74) is 5.67. The van der Waals surface area contributed by atoms with Crippen LogP contribution in [0.2, 0.25) is 0 Å². The summed E-state index contributed by atoms with van der Waals surface area (Å²) >= 11 is 0. The number of aromatic nitrogens is 1. The van der Waals surface area contributed by atoms with Crippen molar-refractivity contribution in [3.05, 3.63) is 54.2 Å². The number of rotatable bonds is 4. The van der Waals surface area contributed by atoms with Crippen molar-refractivity contribution in [3.63, 3.8) is 0 Å². The van der Waals surface area contributed by atoms with Crippen LogP contribution in [-0.4, -0.2) is 17.0 Å². The van der Waals surface area contributed by atoms with Crippen molar-refractivity contribution in [2.45, 2.75) is 6.42 Å². The second-order valence-corrected chi connectivity index (χ2v) is 4.00. The minimum atomic E-state index is -0.707. The molecule has 2 rings (SSSR count). The number of urea groups is 1. The van der Waals surface area contributed by atoms with E-state index in [2.05, 4.69) is 10.3 Å². The van der Waals surface area contributed by atoms with Crippen LogP contribution in [0.15, 0.2) is 48.7 Å². The molecule has 1 aromatic carbocycles. The van der Waals surface area contributed by atoms with Gasteiger partial charge in [-0.1, -0.05) is 18.2 Å². The number of pyridine rings is 1. The highest BCUT2D eigenvalue weighted by atomic mass is 16.5. The van der Waals surface area contributed by atoms with Crippen LogP contribution in [-0.2, 0) is 11.2 Å². The molecule has 0 aliphatic rings. The van der Waals surface area contributed by atoms with Crippen LogP contribution in [0.3, 0.4) is 0 Å². The van der Waals surface area contributed by atoms with Crippen molar-refractivity contribution in [1.29, 1.82) is 0 Å². The third kappa shape index (κ3) is 4.09. The summed E-state index contributed by atoms with van der Waals surface area (Å²) in [6.07, 6.45) is 1.56. The molecule has 0 saturated heterocycles. The Morgan fingerprint density at radius 2 is 1.95 bits per heavy atom. The first kappa shape index (κ1) is 13.5. The molecule has 0 unspecified atom stereocenters. The number of carbonyl (C=O) groups is 2.